The van der Waals surface area contributed by atoms with Gasteiger partial charge in [-0.1, -0.05) is 12.5 Å². The molecule has 1 amide bonds. The fourth-order valence-corrected chi connectivity index (χ4v) is 2.43. The van der Waals surface area contributed by atoms with Crippen LogP contribution in [0.5, 0.6) is 11.5 Å². The Morgan fingerprint density at radius 1 is 1.35 bits per heavy atom. The van der Waals surface area contributed by atoms with E-state index in [1.54, 1.807) is 12.1 Å². The van der Waals surface area contributed by atoms with Crippen molar-refractivity contribution in [2.24, 2.45) is 5.92 Å². The second kappa shape index (κ2) is 5.71. The highest BCUT2D eigenvalue weighted by molar-refractivity contribution is 5.79. The van der Waals surface area contributed by atoms with E-state index in [1.165, 1.54) is 0 Å². The minimum atomic E-state index is -0.605. The molecular formula is C15H19NO4. The molecule has 1 heterocycles. The second-order valence-electron chi connectivity index (χ2n) is 5.34. The van der Waals surface area contributed by atoms with Gasteiger partial charge >= 0.3 is 0 Å². The van der Waals surface area contributed by atoms with E-state index in [-0.39, 0.29) is 18.6 Å². The average molecular weight is 277 g/mol. The number of carbonyl (C=O) groups excluding carboxylic acids is 1. The minimum Gasteiger partial charge on any atom is -0.454 e. The third-order valence-corrected chi connectivity index (χ3v) is 3.97. The van der Waals surface area contributed by atoms with Crippen molar-refractivity contribution in [3.8, 4) is 11.5 Å². The standard InChI is InChI=1S/C15H19NO4/c17-12(6-7-16-15(18)10-2-1-3-10)11-4-5-13-14(8-11)20-9-19-13/h4-5,8,10,12,17H,1-3,6-7,9H2,(H,16,18)/t12-/m1/s1. The summed E-state index contributed by atoms with van der Waals surface area (Å²) in [6.07, 6.45) is 3.04. The lowest BCUT2D eigenvalue weighted by Gasteiger charge is -2.24. The number of carbonyl (C=O) groups is 1. The van der Waals surface area contributed by atoms with E-state index in [1.807, 2.05) is 6.07 Å². The zero-order valence-corrected chi connectivity index (χ0v) is 11.3. The molecule has 5 nitrogen and oxygen atoms in total. The van der Waals surface area contributed by atoms with Gasteiger partial charge in [0.25, 0.3) is 0 Å². The fourth-order valence-electron chi connectivity index (χ4n) is 2.43. The highest BCUT2D eigenvalue weighted by Crippen LogP contribution is 2.34. The third-order valence-electron chi connectivity index (χ3n) is 3.97. The molecule has 5 heteroatoms. The molecule has 1 aromatic carbocycles. The first-order valence-electron chi connectivity index (χ1n) is 7.09. The largest absolute Gasteiger partial charge is 0.454 e. The van der Waals surface area contributed by atoms with Gasteiger partial charge in [-0.05, 0) is 37.0 Å². The number of rotatable bonds is 5. The SMILES string of the molecule is O=C(NCC[C@@H](O)c1ccc2c(c1)OCO2)C1CCC1. The summed E-state index contributed by atoms with van der Waals surface area (Å²) in [5.74, 6) is 1.69. The van der Waals surface area contributed by atoms with Crippen LogP contribution in [0.25, 0.3) is 0 Å². The fraction of sp³-hybridized carbons (Fsp3) is 0.533. The lowest BCUT2D eigenvalue weighted by molar-refractivity contribution is -0.127. The van der Waals surface area contributed by atoms with Crippen LogP contribution in [0, 0.1) is 5.92 Å². The first kappa shape index (κ1) is 13.2. The molecule has 1 aliphatic carbocycles. The number of aliphatic hydroxyl groups is 1. The van der Waals surface area contributed by atoms with Crippen LogP contribution in [0.3, 0.4) is 0 Å². The number of hydrogen-bond acceptors (Lipinski definition) is 4. The van der Waals surface area contributed by atoms with Crippen molar-refractivity contribution in [3.63, 3.8) is 0 Å². The van der Waals surface area contributed by atoms with Crippen molar-refractivity contribution in [1.82, 2.24) is 5.32 Å². The first-order chi connectivity index (χ1) is 9.74. The first-order valence-corrected chi connectivity index (χ1v) is 7.09. The Morgan fingerprint density at radius 2 is 2.15 bits per heavy atom. The summed E-state index contributed by atoms with van der Waals surface area (Å²) in [5.41, 5.74) is 0.784. The molecule has 0 bridgehead atoms. The average Bonchev–Trinajstić information content (AvgIpc) is 2.83. The molecule has 1 fully saturated rings. The van der Waals surface area contributed by atoms with E-state index >= 15 is 0 Å². The van der Waals surface area contributed by atoms with Crippen LogP contribution >= 0.6 is 0 Å². The second-order valence-corrected chi connectivity index (χ2v) is 5.34. The Labute approximate surface area is 117 Å². The quantitative estimate of drug-likeness (QED) is 0.860. The lowest BCUT2D eigenvalue weighted by atomic mass is 9.85. The normalized spacial score (nSPS) is 18.4. The van der Waals surface area contributed by atoms with Crippen LogP contribution in [0.2, 0.25) is 0 Å². The molecule has 1 saturated carbocycles. The monoisotopic (exact) mass is 277 g/mol. The number of ether oxygens (including phenoxy) is 2. The topological polar surface area (TPSA) is 67.8 Å². The number of nitrogens with one attached hydrogen (secondary N) is 1. The van der Waals surface area contributed by atoms with Gasteiger partial charge in [-0.25, -0.2) is 0 Å². The summed E-state index contributed by atoms with van der Waals surface area (Å²) in [7, 11) is 0. The van der Waals surface area contributed by atoms with Crippen LogP contribution in [0.1, 0.15) is 37.4 Å². The molecule has 108 valence electrons. The molecule has 20 heavy (non-hydrogen) atoms. The highest BCUT2D eigenvalue weighted by Gasteiger charge is 2.25. The highest BCUT2D eigenvalue weighted by atomic mass is 16.7. The minimum absolute atomic E-state index is 0.120. The Morgan fingerprint density at radius 3 is 2.90 bits per heavy atom. The van der Waals surface area contributed by atoms with Crippen molar-refractivity contribution in [2.75, 3.05) is 13.3 Å². The van der Waals surface area contributed by atoms with Gasteiger partial charge in [-0.3, -0.25) is 4.79 Å². The van der Waals surface area contributed by atoms with Crippen LogP contribution < -0.4 is 14.8 Å². The molecule has 1 aliphatic heterocycles. The maximum atomic E-state index is 11.7. The molecule has 0 saturated heterocycles. The molecule has 2 aliphatic rings. The van der Waals surface area contributed by atoms with Crippen LogP contribution in [-0.4, -0.2) is 24.4 Å². The van der Waals surface area contributed by atoms with Gasteiger partial charge in [0.1, 0.15) is 0 Å². The number of hydrogen-bond donors (Lipinski definition) is 2. The molecule has 0 aromatic heterocycles. The van der Waals surface area contributed by atoms with E-state index in [4.69, 9.17) is 9.47 Å². The van der Waals surface area contributed by atoms with Crippen LogP contribution in [0.4, 0.5) is 0 Å². The summed E-state index contributed by atoms with van der Waals surface area (Å²) in [6.45, 7) is 0.720. The lowest BCUT2D eigenvalue weighted by Crippen LogP contribution is -2.35. The molecule has 2 N–H and O–H groups in total. The number of aliphatic hydroxyl groups excluding tert-OH is 1. The maximum absolute atomic E-state index is 11.7. The molecule has 1 atom stereocenters. The van der Waals surface area contributed by atoms with Crippen molar-refractivity contribution < 1.29 is 19.4 Å². The van der Waals surface area contributed by atoms with E-state index in [2.05, 4.69) is 5.32 Å². The van der Waals surface area contributed by atoms with Gasteiger partial charge in [0.05, 0.1) is 6.10 Å². The van der Waals surface area contributed by atoms with Gasteiger partial charge in [0, 0.05) is 12.5 Å². The van der Waals surface area contributed by atoms with Crippen molar-refractivity contribution >= 4 is 5.91 Å². The summed E-state index contributed by atoms with van der Waals surface area (Å²) in [5, 5.41) is 13.0. The Kier molecular flexibility index (Phi) is 3.78. The Hall–Kier alpha value is -1.75. The van der Waals surface area contributed by atoms with E-state index in [0.29, 0.717) is 24.5 Å². The number of benzene rings is 1. The summed E-state index contributed by atoms with van der Waals surface area (Å²) >= 11 is 0. The zero-order chi connectivity index (χ0) is 13.9. The number of amides is 1. The third kappa shape index (κ3) is 2.72. The summed E-state index contributed by atoms with van der Waals surface area (Å²) < 4.78 is 10.5. The molecule has 3 rings (SSSR count). The van der Waals surface area contributed by atoms with Crippen molar-refractivity contribution in [1.29, 1.82) is 0 Å². The molecule has 0 radical (unpaired) electrons. The Balaban J connectivity index is 1.48. The van der Waals surface area contributed by atoms with E-state index in [9.17, 15) is 9.90 Å². The zero-order valence-electron chi connectivity index (χ0n) is 11.3. The van der Waals surface area contributed by atoms with Gasteiger partial charge in [0.15, 0.2) is 11.5 Å². The maximum Gasteiger partial charge on any atom is 0.231 e. The molecule has 0 spiro atoms. The summed E-state index contributed by atoms with van der Waals surface area (Å²) in [6, 6.07) is 5.42. The van der Waals surface area contributed by atoms with Gasteiger partial charge < -0.3 is 19.9 Å². The molecule has 0 unspecified atom stereocenters. The molecule has 1 aromatic rings. The van der Waals surface area contributed by atoms with Crippen molar-refractivity contribution in [2.45, 2.75) is 31.8 Å². The van der Waals surface area contributed by atoms with Gasteiger partial charge in [-0.2, -0.15) is 0 Å². The predicted octanol–water partition coefficient (Wildman–Crippen LogP) is 1.76. The van der Waals surface area contributed by atoms with Gasteiger partial charge in [-0.15, -0.1) is 0 Å². The van der Waals surface area contributed by atoms with Crippen LogP contribution in [0.15, 0.2) is 18.2 Å². The Bertz CT molecular complexity index is 499. The van der Waals surface area contributed by atoms with Gasteiger partial charge in [0.2, 0.25) is 12.7 Å². The molecular weight excluding hydrogens is 258 g/mol. The smallest absolute Gasteiger partial charge is 0.231 e. The van der Waals surface area contributed by atoms with Crippen LogP contribution in [-0.2, 0) is 4.79 Å². The van der Waals surface area contributed by atoms with Crippen molar-refractivity contribution in [3.05, 3.63) is 23.8 Å². The predicted molar refractivity (Wildman–Crippen MR) is 72.5 cm³/mol. The number of fused-ring (bicyclic) bond motifs is 1. The van der Waals surface area contributed by atoms with E-state index in [0.717, 1.165) is 24.8 Å². The summed E-state index contributed by atoms with van der Waals surface area (Å²) in [4.78, 5) is 11.7. The van der Waals surface area contributed by atoms with E-state index < -0.39 is 6.10 Å².